The van der Waals surface area contributed by atoms with E-state index in [0.29, 0.717) is 16.7 Å². The van der Waals surface area contributed by atoms with Crippen molar-refractivity contribution in [2.45, 2.75) is 10.9 Å². The second-order valence-corrected chi connectivity index (χ2v) is 6.77. The molecule has 9 heteroatoms. The average molecular weight is 440 g/mol. The first-order chi connectivity index (χ1) is 11.2. The number of thioether (sulfide) groups is 1. The van der Waals surface area contributed by atoms with Gasteiger partial charge in [0.25, 0.3) is 0 Å². The summed E-state index contributed by atoms with van der Waals surface area (Å²) >= 11 is 13.9. The number of nitrogens with one attached hydrogen (secondary N) is 1. The highest BCUT2D eigenvalue weighted by molar-refractivity contribution is 7.98. The summed E-state index contributed by atoms with van der Waals surface area (Å²) in [5, 5.41) is 1.53. The van der Waals surface area contributed by atoms with Gasteiger partial charge in [-0.3, -0.25) is 4.98 Å². The number of hydrogen-bond acceptors (Lipinski definition) is 4. The van der Waals surface area contributed by atoms with Gasteiger partial charge in [0.2, 0.25) is 0 Å². The number of aromatic amines is 1. The third-order valence-electron chi connectivity index (χ3n) is 3.49. The molecule has 25 heavy (non-hydrogen) atoms. The Labute approximate surface area is 173 Å². The third kappa shape index (κ3) is 5.31. The zero-order valence-corrected chi connectivity index (χ0v) is 17.4. The topological polar surface area (TPSA) is 44.8 Å². The maximum absolute atomic E-state index is 6.49. The number of alkyl halides is 1. The number of imidazole rings is 1. The molecule has 0 atom stereocenters. The predicted octanol–water partition coefficient (Wildman–Crippen LogP) is 5.42. The molecule has 3 rings (SSSR count). The van der Waals surface area contributed by atoms with Gasteiger partial charge < -0.3 is 9.88 Å². The summed E-state index contributed by atoms with van der Waals surface area (Å²) in [6.45, 7) is 0.738. The van der Waals surface area contributed by atoms with Gasteiger partial charge in [-0.05, 0) is 18.2 Å². The van der Waals surface area contributed by atoms with Crippen molar-refractivity contribution in [2.75, 3.05) is 24.4 Å². The Kier molecular flexibility index (Phi) is 9.17. The number of nitrogens with zero attached hydrogens (tertiary/aromatic N) is 3. The molecule has 0 bridgehead atoms. The molecule has 0 spiro atoms. The van der Waals surface area contributed by atoms with Gasteiger partial charge in [-0.2, -0.15) is 0 Å². The Bertz CT molecular complexity index is 779. The van der Waals surface area contributed by atoms with Crippen LogP contribution in [-0.2, 0) is 5.75 Å². The van der Waals surface area contributed by atoms with Gasteiger partial charge in [-0.15, -0.1) is 36.4 Å². The molecule has 3 aromatic rings. The lowest BCUT2D eigenvalue weighted by Gasteiger charge is -2.20. The fourth-order valence-corrected chi connectivity index (χ4v) is 3.75. The molecule has 0 aliphatic rings. The fraction of sp³-hybridized carbons (Fsp3) is 0.250. The largest absolute Gasteiger partial charge is 0.372 e. The average Bonchev–Trinajstić information content (AvgIpc) is 2.97. The molecule has 0 saturated heterocycles. The molecule has 0 saturated carbocycles. The monoisotopic (exact) mass is 438 g/mol. The molecule has 2 aromatic heterocycles. The minimum Gasteiger partial charge on any atom is -0.372 e. The number of para-hydroxylation sites is 2. The van der Waals surface area contributed by atoms with Crippen molar-refractivity contribution >= 4 is 76.5 Å². The van der Waals surface area contributed by atoms with Crippen LogP contribution < -0.4 is 4.90 Å². The Hall–Kier alpha value is -0.850. The standard InChI is InChI=1S/C16H16Cl2N4S.2ClH/c1-22(9-7-17)14-6-8-19-13(15(14)18)10-23-16-20-11-4-2-3-5-12(11)21-16;;/h2-6,8H,7,9-10H2,1H3,(H,20,21);2*1H. The highest BCUT2D eigenvalue weighted by Gasteiger charge is 2.12. The molecular formula is C16H18Cl4N4S. The van der Waals surface area contributed by atoms with Gasteiger partial charge in [-0.25, -0.2) is 4.98 Å². The van der Waals surface area contributed by atoms with Crippen LogP contribution in [0.15, 0.2) is 41.7 Å². The first-order valence-electron chi connectivity index (χ1n) is 7.17. The number of fused-ring (bicyclic) bond motifs is 1. The SMILES string of the molecule is CN(CCCl)c1ccnc(CSc2nc3ccccc3[nH]2)c1Cl.Cl.Cl. The van der Waals surface area contributed by atoms with Gasteiger partial charge in [0.15, 0.2) is 5.16 Å². The van der Waals surface area contributed by atoms with Crippen LogP contribution in [0.4, 0.5) is 5.69 Å². The van der Waals surface area contributed by atoms with Gasteiger partial charge >= 0.3 is 0 Å². The normalized spacial score (nSPS) is 10.2. The maximum Gasteiger partial charge on any atom is 0.166 e. The number of H-pyrrole nitrogens is 1. The predicted molar refractivity (Wildman–Crippen MR) is 113 cm³/mol. The van der Waals surface area contributed by atoms with E-state index in [-0.39, 0.29) is 24.8 Å². The van der Waals surface area contributed by atoms with E-state index in [1.807, 2.05) is 42.3 Å². The summed E-state index contributed by atoms with van der Waals surface area (Å²) in [5.74, 6) is 1.21. The minimum absolute atomic E-state index is 0. The van der Waals surface area contributed by atoms with Crippen molar-refractivity contribution in [1.29, 1.82) is 0 Å². The van der Waals surface area contributed by atoms with E-state index in [9.17, 15) is 0 Å². The van der Waals surface area contributed by atoms with Crippen LogP contribution >= 0.6 is 59.8 Å². The van der Waals surface area contributed by atoms with E-state index >= 15 is 0 Å². The van der Waals surface area contributed by atoms with Crippen LogP contribution in [0.1, 0.15) is 5.69 Å². The molecule has 0 unspecified atom stereocenters. The van der Waals surface area contributed by atoms with Crippen molar-refractivity contribution in [1.82, 2.24) is 15.0 Å². The number of rotatable bonds is 6. The number of benzene rings is 1. The molecular weight excluding hydrogens is 422 g/mol. The number of pyridine rings is 1. The summed E-state index contributed by atoms with van der Waals surface area (Å²) in [5.41, 5.74) is 3.79. The molecule has 136 valence electrons. The van der Waals surface area contributed by atoms with Crippen LogP contribution in [0.2, 0.25) is 5.02 Å². The zero-order chi connectivity index (χ0) is 16.2. The van der Waals surface area contributed by atoms with E-state index in [4.69, 9.17) is 23.2 Å². The number of anilines is 1. The van der Waals surface area contributed by atoms with Crippen molar-refractivity contribution in [3.8, 4) is 0 Å². The van der Waals surface area contributed by atoms with Gasteiger partial charge in [0.05, 0.1) is 27.4 Å². The summed E-state index contributed by atoms with van der Waals surface area (Å²) < 4.78 is 0. The lowest BCUT2D eigenvalue weighted by Crippen LogP contribution is -2.20. The van der Waals surface area contributed by atoms with Crippen LogP contribution in [0.3, 0.4) is 0 Å². The van der Waals surface area contributed by atoms with Crippen LogP contribution in [0.25, 0.3) is 11.0 Å². The Morgan fingerprint density at radius 3 is 2.68 bits per heavy atom. The van der Waals surface area contributed by atoms with Crippen LogP contribution in [-0.4, -0.2) is 34.4 Å². The second kappa shape index (κ2) is 10.3. The third-order valence-corrected chi connectivity index (χ3v) is 4.95. The van der Waals surface area contributed by atoms with Crippen LogP contribution in [0.5, 0.6) is 0 Å². The van der Waals surface area contributed by atoms with E-state index in [2.05, 4.69) is 15.0 Å². The summed E-state index contributed by atoms with van der Waals surface area (Å²) in [4.78, 5) is 14.3. The molecule has 0 aliphatic carbocycles. The first-order valence-corrected chi connectivity index (χ1v) is 9.07. The number of halogens is 4. The summed E-state index contributed by atoms with van der Waals surface area (Å²) in [6.07, 6.45) is 1.78. The highest BCUT2D eigenvalue weighted by Crippen LogP contribution is 2.31. The van der Waals surface area contributed by atoms with Crippen LogP contribution in [0, 0.1) is 0 Å². The highest BCUT2D eigenvalue weighted by atomic mass is 35.5. The maximum atomic E-state index is 6.49. The number of aromatic nitrogens is 3. The molecule has 0 amide bonds. The molecule has 4 nitrogen and oxygen atoms in total. The quantitative estimate of drug-likeness (QED) is 0.411. The Morgan fingerprint density at radius 1 is 1.20 bits per heavy atom. The van der Waals surface area contributed by atoms with E-state index in [1.54, 1.807) is 18.0 Å². The van der Waals surface area contributed by atoms with E-state index in [1.165, 1.54) is 0 Å². The Balaban J connectivity index is 0.00000156. The fourth-order valence-electron chi connectivity index (χ4n) is 2.25. The van der Waals surface area contributed by atoms with Crippen molar-refractivity contribution in [3.05, 3.63) is 47.2 Å². The minimum atomic E-state index is 0. The molecule has 2 heterocycles. The summed E-state index contributed by atoms with van der Waals surface area (Å²) in [6, 6.07) is 9.88. The van der Waals surface area contributed by atoms with Crippen molar-refractivity contribution in [2.24, 2.45) is 0 Å². The van der Waals surface area contributed by atoms with Crippen molar-refractivity contribution in [3.63, 3.8) is 0 Å². The molecule has 1 aromatic carbocycles. The Morgan fingerprint density at radius 2 is 1.96 bits per heavy atom. The van der Waals surface area contributed by atoms with E-state index < -0.39 is 0 Å². The van der Waals surface area contributed by atoms with Crippen molar-refractivity contribution < 1.29 is 0 Å². The zero-order valence-electron chi connectivity index (χ0n) is 13.4. The van der Waals surface area contributed by atoms with Gasteiger partial charge in [0, 0.05) is 31.4 Å². The second-order valence-electron chi connectivity index (χ2n) is 5.05. The lowest BCUT2D eigenvalue weighted by molar-refractivity contribution is 0.965. The van der Waals surface area contributed by atoms with Gasteiger partial charge in [-0.1, -0.05) is 35.5 Å². The summed E-state index contributed by atoms with van der Waals surface area (Å²) in [7, 11) is 1.97. The first kappa shape index (κ1) is 22.2. The van der Waals surface area contributed by atoms with Gasteiger partial charge in [0.1, 0.15) is 0 Å². The molecule has 0 radical (unpaired) electrons. The molecule has 1 N–H and O–H groups in total. The lowest BCUT2D eigenvalue weighted by atomic mass is 10.3. The molecule has 0 aliphatic heterocycles. The number of hydrogen-bond donors (Lipinski definition) is 1. The van der Waals surface area contributed by atoms with E-state index in [0.717, 1.165) is 34.1 Å². The molecule has 0 fully saturated rings. The smallest absolute Gasteiger partial charge is 0.166 e.